The lowest BCUT2D eigenvalue weighted by molar-refractivity contribution is 0.0696. The molecule has 3 N–H and O–H groups in total. The summed E-state index contributed by atoms with van der Waals surface area (Å²) in [5, 5.41) is 20.6. The number of aromatic carboxylic acids is 1. The van der Waals surface area contributed by atoms with Gasteiger partial charge in [0.05, 0.1) is 11.3 Å². The summed E-state index contributed by atoms with van der Waals surface area (Å²) >= 11 is 0. The number of hydrogen-bond acceptors (Lipinski definition) is 3. The van der Waals surface area contributed by atoms with Gasteiger partial charge in [-0.1, -0.05) is 0 Å². The quantitative estimate of drug-likeness (QED) is 0.759. The van der Waals surface area contributed by atoms with Crippen molar-refractivity contribution < 1.29 is 28.6 Å². The van der Waals surface area contributed by atoms with E-state index < -0.39 is 29.3 Å². The summed E-state index contributed by atoms with van der Waals surface area (Å²) in [4.78, 5) is 22.5. The highest BCUT2D eigenvalue weighted by Crippen LogP contribution is 2.25. The summed E-state index contributed by atoms with van der Waals surface area (Å²) < 4.78 is 25.8. The fraction of sp³-hybridized carbons (Fsp3) is 0. The van der Waals surface area contributed by atoms with Crippen molar-refractivity contribution in [2.45, 2.75) is 0 Å². The van der Waals surface area contributed by atoms with Crippen molar-refractivity contribution in [2.75, 3.05) is 5.32 Å². The second-order valence-electron chi connectivity index (χ2n) is 4.12. The number of hydrogen-bond donors (Lipinski definition) is 3. The van der Waals surface area contributed by atoms with E-state index in [1.54, 1.807) is 0 Å². The number of carbonyl (C=O) groups excluding carboxylic acids is 1. The molecular weight excluding hydrogens is 284 g/mol. The summed E-state index contributed by atoms with van der Waals surface area (Å²) in [6.07, 6.45) is 0. The smallest absolute Gasteiger partial charge is 0.335 e. The lowest BCUT2D eigenvalue weighted by Gasteiger charge is -2.08. The van der Waals surface area contributed by atoms with Gasteiger partial charge < -0.3 is 15.5 Å². The van der Waals surface area contributed by atoms with Crippen LogP contribution in [0.3, 0.4) is 0 Å². The minimum atomic E-state index is -1.23. The van der Waals surface area contributed by atoms with Crippen LogP contribution in [0.15, 0.2) is 36.4 Å². The number of nitrogens with one attached hydrogen (secondary N) is 1. The number of halogens is 2. The van der Waals surface area contributed by atoms with E-state index in [1.807, 2.05) is 0 Å². The summed E-state index contributed by atoms with van der Waals surface area (Å²) in [6.45, 7) is 0. The molecule has 0 saturated heterocycles. The van der Waals surface area contributed by atoms with Gasteiger partial charge in [-0.3, -0.25) is 4.79 Å². The molecular formula is C14H9F2NO4. The number of rotatable bonds is 3. The van der Waals surface area contributed by atoms with Gasteiger partial charge in [-0.15, -0.1) is 0 Å². The van der Waals surface area contributed by atoms with E-state index in [2.05, 4.69) is 5.32 Å². The fourth-order valence-electron chi connectivity index (χ4n) is 1.60. The highest BCUT2D eigenvalue weighted by molar-refractivity contribution is 6.05. The van der Waals surface area contributed by atoms with Crippen LogP contribution < -0.4 is 5.32 Å². The Morgan fingerprint density at radius 1 is 0.952 bits per heavy atom. The van der Waals surface area contributed by atoms with E-state index in [0.717, 1.165) is 18.2 Å². The molecule has 5 nitrogen and oxygen atoms in total. The van der Waals surface area contributed by atoms with Crippen LogP contribution >= 0.6 is 0 Å². The Bertz CT molecular complexity index is 731. The van der Waals surface area contributed by atoms with Gasteiger partial charge in [-0.25, -0.2) is 13.6 Å². The Morgan fingerprint density at radius 3 is 2.19 bits per heavy atom. The number of benzene rings is 2. The van der Waals surface area contributed by atoms with Crippen molar-refractivity contribution >= 4 is 17.6 Å². The number of phenols is 1. The van der Waals surface area contributed by atoms with Crippen LogP contribution in [0.2, 0.25) is 0 Å². The van der Waals surface area contributed by atoms with Crippen LogP contribution in [0.1, 0.15) is 20.7 Å². The van der Waals surface area contributed by atoms with Crippen LogP contribution in [0.25, 0.3) is 0 Å². The average Bonchev–Trinajstić information content (AvgIpc) is 2.43. The summed E-state index contributed by atoms with van der Waals surface area (Å²) in [5.41, 5.74) is -0.344. The maximum atomic E-state index is 13.0. The van der Waals surface area contributed by atoms with Crippen molar-refractivity contribution in [3.8, 4) is 5.75 Å². The highest BCUT2D eigenvalue weighted by atomic mass is 19.2. The van der Waals surface area contributed by atoms with E-state index in [0.29, 0.717) is 6.07 Å². The first-order valence-corrected chi connectivity index (χ1v) is 5.71. The molecule has 2 aromatic carbocycles. The number of carboxylic acids is 1. The van der Waals surface area contributed by atoms with Gasteiger partial charge in [-0.05, 0) is 36.4 Å². The van der Waals surface area contributed by atoms with Crippen LogP contribution in [0.4, 0.5) is 14.5 Å². The number of phenolic OH excluding ortho intramolecular Hbond substituents is 1. The van der Waals surface area contributed by atoms with Gasteiger partial charge >= 0.3 is 5.97 Å². The van der Waals surface area contributed by atoms with Gasteiger partial charge in [0.1, 0.15) is 5.75 Å². The van der Waals surface area contributed by atoms with E-state index in [-0.39, 0.29) is 16.8 Å². The molecule has 0 radical (unpaired) electrons. The molecule has 2 rings (SSSR count). The van der Waals surface area contributed by atoms with Crippen molar-refractivity contribution in [1.29, 1.82) is 0 Å². The molecule has 0 bridgehead atoms. The molecule has 0 heterocycles. The molecule has 0 unspecified atom stereocenters. The monoisotopic (exact) mass is 293 g/mol. The topological polar surface area (TPSA) is 86.6 Å². The largest absolute Gasteiger partial charge is 0.506 e. The molecule has 0 fully saturated rings. The predicted molar refractivity (Wildman–Crippen MR) is 69.4 cm³/mol. The Kier molecular flexibility index (Phi) is 3.84. The van der Waals surface area contributed by atoms with E-state index in [4.69, 9.17) is 5.11 Å². The summed E-state index contributed by atoms with van der Waals surface area (Å²) in [7, 11) is 0. The first-order valence-electron chi connectivity index (χ1n) is 5.71. The maximum absolute atomic E-state index is 13.0. The first-order chi connectivity index (χ1) is 9.88. The third-order valence-electron chi connectivity index (χ3n) is 2.67. The van der Waals surface area contributed by atoms with Crippen molar-refractivity contribution in [2.24, 2.45) is 0 Å². The molecule has 0 aliphatic carbocycles. The Balaban J connectivity index is 2.23. The van der Waals surface area contributed by atoms with Crippen LogP contribution in [0, 0.1) is 11.6 Å². The Morgan fingerprint density at radius 2 is 1.62 bits per heavy atom. The van der Waals surface area contributed by atoms with E-state index in [1.165, 1.54) is 12.1 Å². The molecule has 7 heteroatoms. The van der Waals surface area contributed by atoms with Crippen LogP contribution in [-0.4, -0.2) is 22.1 Å². The third kappa shape index (κ3) is 3.14. The van der Waals surface area contributed by atoms with Gasteiger partial charge in [0.25, 0.3) is 5.91 Å². The van der Waals surface area contributed by atoms with Crippen LogP contribution in [0.5, 0.6) is 5.75 Å². The van der Waals surface area contributed by atoms with Crippen molar-refractivity contribution in [3.63, 3.8) is 0 Å². The molecule has 0 saturated carbocycles. The number of carboxylic acid groups (broad SMARTS) is 1. The molecule has 21 heavy (non-hydrogen) atoms. The number of anilines is 1. The zero-order chi connectivity index (χ0) is 15.6. The minimum absolute atomic E-state index is 0.0465. The molecule has 0 aliphatic rings. The summed E-state index contributed by atoms with van der Waals surface area (Å²) in [6, 6.07) is 5.93. The average molecular weight is 293 g/mol. The SMILES string of the molecule is O=C(O)c1ccc(NC(=O)c2ccc(F)c(F)c2)c(O)c1. The summed E-state index contributed by atoms with van der Waals surface area (Å²) in [5.74, 6) is -4.71. The van der Waals surface area contributed by atoms with Crippen molar-refractivity contribution in [3.05, 3.63) is 59.2 Å². The van der Waals surface area contributed by atoms with Gasteiger partial charge in [0.15, 0.2) is 11.6 Å². The van der Waals surface area contributed by atoms with Gasteiger partial charge in [-0.2, -0.15) is 0 Å². The van der Waals surface area contributed by atoms with Gasteiger partial charge in [0, 0.05) is 5.56 Å². The molecule has 0 aliphatic heterocycles. The van der Waals surface area contributed by atoms with E-state index >= 15 is 0 Å². The Labute approximate surface area is 117 Å². The number of aromatic hydroxyl groups is 1. The molecule has 0 aromatic heterocycles. The zero-order valence-electron chi connectivity index (χ0n) is 10.4. The van der Waals surface area contributed by atoms with Crippen LogP contribution in [-0.2, 0) is 0 Å². The molecule has 0 atom stereocenters. The molecule has 2 aromatic rings. The minimum Gasteiger partial charge on any atom is -0.506 e. The lowest BCUT2D eigenvalue weighted by atomic mass is 10.1. The van der Waals surface area contributed by atoms with E-state index in [9.17, 15) is 23.5 Å². The zero-order valence-corrected chi connectivity index (χ0v) is 10.4. The fourth-order valence-corrected chi connectivity index (χ4v) is 1.60. The third-order valence-corrected chi connectivity index (χ3v) is 2.67. The predicted octanol–water partition coefficient (Wildman–Crippen LogP) is 2.62. The normalized spacial score (nSPS) is 10.2. The number of amides is 1. The van der Waals surface area contributed by atoms with Crippen molar-refractivity contribution in [1.82, 2.24) is 0 Å². The maximum Gasteiger partial charge on any atom is 0.335 e. The second-order valence-corrected chi connectivity index (χ2v) is 4.12. The first kappa shape index (κ1) is 14.4. The van der Waals surface area contributed by atoms with Gasteiger partial charge in [0.2, 0.25) is 0 Å². The second kappa shape index (κ2) is 5.58. The molecule has 0 spiro atoms. The highest BCUT2D eigenvalue weighted by Gasteiger charge is 2.13. The lowest BCUT2D eigenvalue weighted by Crippen LogP contribution is -2.12. The molecule has 1 amide bonds. The number of carbonyl (C=O) groups is 2. The Hall–Kier alpha value is -2.96. The molecule has 108 valence electrons. The standard InChI is InChI=1S/C14H9F2NO4/c15-9-3-1-7(5-10(9)16)13(19)17-11-4-2-8(14(20)21)6-12(11)18/h1-6,18H,(H,17,19)(H,20,21).